The molecule has 0 aliphatic heterocycles. The Balaban J connectivity index is 1.96. The second kappa shape index (κ2) is 4.68. The average molecular weight is 259 g/mol. The largest absolute Gasteiger partial charge is 0.419 e. The highest BCUT2D eigenvalue weighted by Gasteiger charge is 2.23. The molecule has 3 rings (SSSR count). The zero-order valence-corrected chi connectivity index (χ0v) is 11.0. The number of carbonyl (C=O) groups is 1. The maximum atomic E-state index is 12.4. The van der Waals surface area contributed by atoms with Crippen molar-refractivity contribution in [3.63, 3.8) is 0 Å². The molecule has 1 aromatic carbocycles. The number of ketones is 1. The van der Waals surface area contributed by atoms with Gasteiger partial charge in [0.05, 0.1) is 5.52 Å². The molecule has 0 saturated heterocycles. The molecule has 4 heteroatoms. The van der Waals surface area contributed by atoms with Crippen LogP contribution >= 0.6 is 0 Å². The van der Waals surface area contributed by atoms with E-state index in [1.807, 2.05) is 0 Å². The van der Waals surface area contributed by atoms with E-state index in [1.165, 1.54) is 11.0 Å². The number of carbonyl (C=O) groups excluding carboxylic acids is 1. The van der Waals surface area contributed by atoms with E-state index in [-0.39, 0.29) is 11.7 Å². The Labute approximate surface area is 111 Å². The highest BCUT2D eigenvalue weighted by Crippen LogP contribution is 2.27. The van der Waals surface area contributed by atoms with Crippen LogP contribution in [0.15, 0.2) is 27.4 Å². The van der Waals surface area contributed by atoms with E-state index in [0.29, 0.717) is 11.1 Å². The minimum Gasteiger partial charge on any atom is -0.408 e. The van der Waals surface area contributed by atoms with Crippen LogP contribution in [0.5, 0.6) is 0 Å². The van der Waals surface area contributed by atoms with Gasteiger partial charge in [0.25, 0.3) is 0 Å². The molecule has 4 nitrogen and oxygen atoms in total. The number of Topliss-reactive ketones (excluding diaryl/α,β-unsaturated/α-hetero) is 1. The minimum atomic E-state index is -0.391. The van der Waals surface area contributed by atoms with Gasteiger partial charge in [-0.05, 0) is 31.0 Å². The summed E-state index contributed by atoms with van der Waals surface area (Å²) in [7, 11) is 1.66. The zero-order valence-electron chi connectivity index (χ0n) is 11.0. The van der Waals surface area contributed by atoms with Crippen LogP contribution in [0.4, 0.5) is 0 Å². The average Bonchev–Trinajstić information content (AvgIpc) is 2.74. The van der Waals surface area contributed by atoms with Crippen molar-refractivity contribution >= 4 is 16.9 Å². The van der Waals surface area contributed by atoms with E-state index >= 15 is 0 Å². The van der Waals surface area contributed by atoms with E-state index in [2.05, 4.69) is 0 Å². The molecule has 0 unspecified atom stereocenters. The van der Waals surface area contributed by atoms with Crippen LogP contribution in [-0.2, 0) is 7.05 Å². The molecule has 1 saturated carbocycles. The van der Waals surface area contributed by atoms with Gasteiger partial charge in [-0.1, -0.05) is 19.3 Å². The van der Waals surface area contributed by atoms with Gasteiger partial charge in [0.1, 0.15) is 0 Å². The van der Waals surface area contributed by atoms with Gasteiger partial charge < -0.3 is 4.42 Å². The number of aryl methyl sites for hydroxylation is 1. The highest BCUT2D eigenvalue weighted by molar-refractivity contribution is 6.00. The first-order valence-electron chi connectivity index (χ1n) is 6.80. The number of oxazole rings is 1. The molecule has 0 radical (unpaired) electrons. The molecule has 0 amide bonds. The lowest BCUT2D eigenvalue weighted by molar-refractivity contribution is 0.0889. The molecule has 0 bridgehead atoms. The van der Waals surface area contributed by atoms with Crippen molar-refractivity contribution in [2.45, 2.75) is 32.1 Å². The number of fused-ring (bicyclic) bond motifs is 1. The summed E-state index contributed by atoms with van der Waals surface area (Å²) >= 11 is 0. The number of nitrogens with zero attached hydrogens (tertiary/aromatic N) is 1. The third-order valence-electron chi connectivity index (χ3n) is 4.05. The number of aromatic nitrogens is 1. The Hall–Kier alpha value is -1.84. The second-order valence-corrected chi connectivity index (χ2v) is 5.31. The van der Waals surface area contributed by atoms with Crippen LogP contribution in [0, 0.1) is 5.92 Å². The molecule has 0 spiro atoms. The standard InChI is InChI=1S/C15H17NO3/c1-16-12-8-7-11(9-13(12)19-15(16)18)14(17)10-5-3-2-4-6-10/h7-10H,2-6H2,1H3. The lowest BCUT2D eigenvalue weighted by Crippen LogP contribution is -2.17. The van der Waals surface area contributed by atoms with Crippen LogP contribution in [0.3, 0.4) is 0 Å². The number of hydrogen-bond acceptors (Lipinski definition) is 3. The highest BCUT2D eigenvalue weighted by atomic mass is 16.4. The van der Waals surface area contributed by atoms with Gasteiger partial charge in [0.2, 0.25) is 0 Å². The van der Waals surface area contributed by atoms with E-state index in [9.17, 15) is 9.59 Å². The summed E-state index contributed by atoms with van der Waals surface area (Å²) in [5.74, 6) is -0.0630. The first-order chi connectivity index (χ1) is 9.16. The van der Waals surface area contributed by atoms with Crippen LogP contribution < -0.4 is 5.76 Å². The van der Waals surface area contributed by atoms with Gasteiger partial charge in [-0.25, -0.2) is 4.79 Å². The van der Waals surface area contributed by atoms with Crippen molar-refractivity contribution < 1.29 is 9.21 Å². The Morgan fingerprint density at radius 2 is 2.00 bits per heavy atom. The van der Waals surface area contributed by atoms with Gasteiger partial charge >= 0.3 is 5.76 Å². The fourth-order valence-corrected chi connectivity index (χ4v) is 2.89. The smallest absolute Gasteiger partial charge is 0.408 e. The van der Waals surface area contributed by atoms with Crippen molar-refractivity contribution in [3.05, 3.63) is 34.3 Å². The molecular weight excluding hydrogens is 242 g/mol. The lowest BCUT2D eigenvalue weighted by atomic mass is 9.84. The monoisotopic (exact) mass is 259 g/mol. The SMILES string of the molecule is Cn1c(=O)oc2cc(C(=O)C3CCCCC3)ccc21. The Morgan fingerprint density at radius 1 is 1.26 bits per heavy atom. The third-order valence-corrected chi connectivity index (χ3v) is 4.05. The quantitative estimate of drug-likeness (QED) is 0.779. The van der Waals surface area contributed by atoms with Crippen LogP contribution in [-0.4, -0.2) is 10.4 Å². The number of rotatable bonds is 2. The maximum absolute atomic E-state index is 12.4. The number of hydrogen-bond donors (Lipinski definition) is 0. The van der Waals surface area contributed by atoms with Crippen LogP contribution in [0.1, 0.15) is 42.5 Å². The van der Waals surface area contributed by atoms with Crippen molar-refractivity contribution in [1.82, 2.24) is 4.57 Å². The van der Waals surface area contributed by atoms with Gasteiger partial charge in [-0.2, -0.15) is 0 Å². The molecule has 1 aromatic heterocycles. The van der Waals surface area contributed by atoms with E-state index in [0.717, 1.165) is 31.2 Å². The summed E-state index contributed by atoms with van der Waals surface area (Å²) in [6.07, 6.45) is 5.47. The number of benzene rings is 1. The van der Waals surface area contributed by atoms with Crippen LogP contribution in [0.25, 0.3) is 11.1 Å². The predicted molar refractivity (Wildman–Crippen MR) is 72.4 cm³/mol. The lowest BCUT2D eigenvalue weighted by Gasteiger charge is -2.20. The van der Waals surface area contributed by atoms with Crippen molar-refractivity contribution in [3.8, 4) is 0 Å². The predicted octanol–water partition coefficient (Wildman–Crippen LogP) is 2.89. The van der Waals surface area contributed by atoms with E-state index in [4.69, 9.17) is 4.42 Å². The molecule has 19 heavy (non-hydrogen) atoms. The van der Waals surface area contributed by atoms with Crippen molar-refractivity contribution in [1.29, 1.82) is 0 Å². The summed E-state index contributed by atoms with van der Waals surface area (Å²) in [5.41, 5.74) is 1.88. The normalized spacial score (nSPS) is 16.9. The fraction of sp³-hybridized carbons (Fsp3) is 0.467. The molecule has 1 aliphatic rings. The molecule has 100 valence electrons. The Bertz CT molecular complexity index is 674. The molecule has 2 aromatic rings. The summed E-state index contributed by atoms with van der Waals surface area (Å²) in [5, 5.41) is 0. The molecule has 1 heterocycles. The maximum Gasteiger partial charge on any atom is 0.419 e. The van der Waals surface area contributed by atoms with Gasteiger partial charge in [0, 0.05) is 18.5 Å². The molecule has 1 fully saturated rings. The minimum absolute atomic E-state index is 0.140. The van der Waals surface area contributed by atoms with Crippen molar-refractivity contribution in [2.24, 2.45) is 13.0 Å². The molecule has 0 atom stereocenters. The Kier molecular flexibility index (Phi) is 3.01. The topological polar surface area (TPSA) is 52.2 Å². The second-order valence-electron chi connectivity index (χ2n) is 5.31. The van der Waals surface area contributed by atoms with E-state index in [1.54, 1.807) is 25.2 Å². The van der Waals surface area contributed by atoms with Gasteiger partial charge in [0.15, 0.2) is 11.4 Å². The van der Waals surface area contributed by atoms with E-state index < -0.39 is 5.76 Å². The third kappa shape index (κ3) is 2.11. The zero-order chi connectivity index (χ0) is 13.4. The van der Waals surface area contributed by atoms with Crippen molar-refractivity contribution in [2.75, 3.05) is 0 Å². The molecule has 1 aliphatic carbocycles. The summed E-state index contributed by atoms with van der Waals surface area (Å²) < 4.78 is 6.58. The molecular formula is C15H17NO3. The first-order valence-corrected chi connectivity index (χ1v) is 6.80. The summed E-state index contributed by atoms with van der Waals surface area (Å²) in [4.78, 5) is 23.8. The summed E-state index contributed by atoms with van der Waals surface area (Å²) in [6, 6.07) is 5.29. The first kappa shape index (κ1) is 12.2. The van der Waals surface area contributed by atoms with Gasteiger partial charge in [-0.3, -0.25) is 9.36 Å². The summed E-state index contributed by atoms with van der Waals surface area (Å²) in [6.45, 7) is 0. The van der Waals surface area contributed by atoms with Crippen LogP contribution in [0.2, 0.25) is 0 Å². The fourth-order valence-electron chi connectivity index (χ4n) is 2.89. The molecule has 0 N–H and O–H groups in total. The van der Waals surface area contributed by atoms with Gasteiger partial charge in [-0.15, -0.1) is 0 Å². The Morgan fingerprint density at radius 3 is 2.74 bits per heavy atom.